The van der Waals surface area contributed by atoms with Crippen LogP contribution in [0.4, 0.5) is 18.9 Å². The highest BCUT2D eigenvalue weighted by atomic mass is 19.4. The molecule has 1 heterocycles. The van der Waals surface area contributed by atoms with Gasteiger partial charge < -0.3 is 4.74 Å². The van der Waals surface area contributed by atoms with Crippen molar-refractivity contribution in [2.45, 2.75) is 13.1 Å². The van der Waals surface area contributed by atoms with Crippen molar-refractivity contribution in [1.29, 1.82) is 0 Å². The van der Waals surface area contributed by atoms with Crippen LogP contribution in [0.2, 0.25) is 0 Å². The third-order valence-electron chi connectivity index (χ3n) is 3.08. The number of carbonyl (C=O) groups is 2. The number of esters is 1. The highest BCUT2D eigenvalue weighted by molar-refractivity contribution is 6.10. The highest BCUT2D eigenvalue weighted by Gasteiger charge is 2.43. The van der Waals surface area contributed by atoms with Crippen molar-refractivity contribution in [1.82, 2.24) is 10.2 Å². The van der Waals surface area contributed by atoms with Crippen molar-refractivity contribution in [3.8, 4) is 0 Å². The van der Waals surface area contributed by atoms with Crippen LogP contribution in [0.1, 0.15) is 39.0 Å². The summed E-state index contributed by atoms with van der Waals surface area (Å²) in [5.74, 6) is -2.45. The molecule has 2 aromatic rings. The number of hydrogen-bond donors (Lipinski definition) is 1. The van der Waals surface area contributed by atoms with E-state index in [0.29, 0.717) is 0 Å². The number of nitrogens with one attached hydrogen (secondary N) is 1. The molecule has 2 rings (SSSR count). The molecule has 0 saturated heterocycles. The fourth-order valence-electron chi connectivity index (χ4n) is 2.00. The summed E-state index contributed by atoms with van der Waals surface area (Å²) in [6.07, 6.45) is -5.04. The minimum atomic E-state index is -5.04. The first-order valence-electron chi connectivity index (χ1n) is 6.78. The standard InChI is InChI=1S/C14H10F3N3O5/c1-2-25-13(22)11-9(14(15,16)17)10(18-19-11)12(21)7-3-5-8(6-4-7)20(23)24/h3-6H,2H2,1H3,(H,18,19). The maximum atomic E-state index is 13.3. The molecule has 0 aliphatic rings. The molecule has 0 atom stereocenters. The van der Waals surface area contributed by atoms with E-state index in [9.17, 15) is 32.9 Å². The molecule has 132 valence electrons. The smallest absolute Gasteiger partial charge is 0.421 e. The Morgan fingerprint density at radius 2 is 1.88 bits per heavy atom. The number of hydrogen-bond acceptors (Lipinski definition) is 6. The zero-order chi connectivity index (χ0) is 18.8. The Morgan fingerprint density at radius 3 is 2.36 bits per heavy atom. The summed E-state index contributed by atoms with van der Waals surface area (Å²) in [5.41, 5.74) is -4.14. The van der Waals surface area contributed by atoms with E-state index >= 15 is 0 Å². The van der Waals surface area contributed by atoms with Gasteiger partial charge in [0.1, 0.15) is 11.3 Å². The molecule has 1 aromatic heterocycles. The second kappa shape index (κ2) is 6.71. The lowest BCUT2D eigenvalue weighted by molar-refractivity contribution is -0.384. The van der Waals surface area contributed by atoms with Crippen LogP contribution in [-0.4, -0.2) is 33.5 Å². The lowest BCUT2D eigenvalue weighted by atomic mass is 10.0. The topological polar surface area (TPSA) is 115 Å². The second-order valence-corrected chi connectivity index (χ2v) is 4.67. The third-order valence-corrected chi connectivity index (χ3v) is 3.08. The maximum absolute atomic E-state index is 13.3. The first-order chi connectivity index (χ1) is 11.7. The van der Waals surface area contributed by atoms with Crippen LogP contribution in [0.5, 0.6) is 0 Å². The number of benzene rings is 1. The monoisotopic (exact) mass is 357 g/mol. The lowest BCUT2D eigenvalue weighted by Gasteiger charge is -2.09. The summed E-state index contributed by atoms with van der Waals surface area (Å²) >= 11 is 0. The van der Waals surface area contributed by atoms with E-state index in [1.165, 1.54) is 6.92 Å². The van der Waals surface area contributed by atoms with Crippen molar-refractivity contribution in [3.05, 3.63) is 56.9 Å². The van der Waals surface area contributed by atoms with Gasteiger partial charge in [-0.3, -0.25) is 20.0 Å². The van der Waals surface area contributed by atoms with E-state index in [1.54, 1.807) is 0 Å². The predicted molar refractivity (Wildman–Crippen MR) is 76.1 cm³/mol. The van der Waals surface area contributed by atoms with Gasteiger partial charge in [-0.2, -0.15) is 18.3 Å². The number of ketones is 1. The van der Waals surface area contributed by atoms with Gasteiger partial charge >= 0.3 is 12.1 Å². The molecule has 0 aliphatic carbocycles. The van der Waals surface area contributed by atoms with Gasteiger partial charge in [-0.15, -0.1) is 0 Å². The molecule has 25 heavy (non-hydrogen) atoms. The van der Waals surface area contributed by atoms with E-state index in [0.717, 1.165) is 24.3 Å². The van der Waals surface area contributed by atoms with Crippen molar-refractivity contribution in [2.75, 3.05) is 6.61 Å². The van der Waals surface area contributed by atoms with Gasteiger partial charge in [0.15, 0.2) is 5.69 Å². The van der Waals surface area contributed by atoms with Gasteiger partial charge in [0.2, 0.25) is 5.78 Å². The average Bonchev–Trinajstić information content (AvgIpc) is 3.00. The molecule has 0 amide bonds. The number of H-pyrrole nitrogens is 1. The number of nitro groups is 1. The number of nitro benzene ring substituents is 1. The molecule has 1 N–H and O–H groups in total. The summed E-state index contributed by atoms with van der Waals surface area (Å²) in [4.78, 5) is 33.8. The number of nitrogens with zero attached hydrogens (tertiary/aromatic N) is 2. The Morgan fingerprint density at radius 1 is 1.28 bits per heavy atom. The van der Waals surface area contributed by atoms with Gasteiger partial charge in [-0.25, -0.2) is 4.79 Å². The maximum Gasteiger partial charge on any atom is 0.421 e. The average molecular weight is 357 g/mol. The number of aromatic nitrogens is 2. The van der Waals surface area contributed by atoms with Gasteiger partial charge in [-0.05, 0) is 19.1 Å². The van der Waals surface area contributed by atoms with Crippen LogP contribution in [0.25, 0.3) is 0 Å². The molecule has 0 unspecified atom stereocenters. The highest BCUT2D eigenvalue weighted by Crippen LogP contribution is 2.35. The molecule has 11 heteroatoms. The zero-order valence-electron chi connectivity index (χ0n) is 12.6. The molecule has 0 bridgehead atoms. The van der Waals surface area contributed by atoms with Crippen LogP contribution in [0.15, 0.2) is 24.3 Å². The Balaban J connectivity index is 2.49. The summed E-state index contributed by atoms with van der Waals surface area (Å²) in [7, 11) is 0. The molecule has 0 fully saturated rings. The minimum absolute atomic E-state index is 0.166. The number of rotatable bonds is 5. The van der Waals surface area contributed by atoms with Crippen LogP contribution < -0.4 is 0 Å². The molecular formula is C14H10F3N3O5. The number of halogens is 3. The third kappa shape index (κ3) is 3.65. The molecule has 1 aromatic carbocycles. The predicted octanol–water partition coefficient (Wildman–Crippen LogP) is 2.74. The van der Waals surface area contributed by atoms with Gasteiger partial charge in [0, 0.05) is 17.7 Å². The SMILES string of the molecule is CCOC(=O)c1[nH]nc(C(=O)c2ccc([N+](=O)[O-])cc2)c1C(F)(F)F. The Bertz CT molecular complexity index is 827. The van der Waals surface area contributed by atoms with Crippen molar-refractivity contribution in [2.24, 2.45) is 0 Å². The van der Waals surface area contributed by atoms with E-state index < -0.39 is 39.8 Å². The fourth-order valence-corrected chi connectivity index (χ4v) is 2.00. The molecule has 0 saturated carbocycles. The molecule has 0 aliphatic heterocycles. The molecular weight excluding hydrogens is 347 g/mol. The first kappa shape index (κ1) is 18.1. The van der Waals surface area contributed by atoms with Crippen LogP contribution in [0.3, 0.4) is 0 Å². The zero-order valence-corrected chi connectivity index (χ0v) is 12.6. The summed E-state index contributed by atoms with van der Waals surface area (Å²) in [5, 5.41) is 15.7. The Labute approximate surface area is 137 Å². The van der Waals surface area contributed by atoms with Gasteiger partial charge in [0.25, 0.3) is 5.69 Å². The van der Waals surface area contributed by atoms with Gasteiger partial charge in [0.05, 0.1) is 11.5 Å². The lowest BCUT2D eigenvalue weighted by Crippen LogP contribution is -2.17. The summed E-state index contributed by atoms with van der Waals surface area (Å²) in [6.45, 7) is 1.24. The Kier molecular flexibility index (Phi) is 4.86. The largest absolute Gasteiger partial charge is 0.461 e. The quantitative estimate of drug-likeness (QED) is 0.381. The number of aromatic amines is 1. The number of ether oxygens (including phenoxy) is 1. The van der Waals surface area contributed by atoms with Crippen LogP contribution in [-0.2, 0) is 10.9 Å². The normalized spacial score (nSPS) is 11.2. The van der Waals surface area contributed by atoms with Crippen LogP contribution in [0, 0.1) is 10.1 Å². The number of non-ortho nitro benzene ring substituents is 1. The minimum Gasteiger partial charge on any atom is -0.461 e. The van der Waals surface area contributed by atoms with E-state index in [-0.39, 0.29) is 17.9 Å². The summed E-state index contributed by atoms with van der Waals surface area (Å²) < 4.78 is 44.3. The molecule has 0 spiro atoms. The van der Waals surface area contributed by atoms with E-state index in [2.05, 4.69) is 9.84 Å². The summed E-state index contributed by atoms with van der Waals surface area (Å²) in [6, 6.07) is 3.94. The molecule has 8 nitrogen and oxygen atoms in total. The number of alkyl halides is 3. The Hall–Kier alpha value is -3.24. The van der Waals surface area contributed by atoms with Crippen molar-refractivity contribution >= 4 is 17.4 Å². The second-order valence-electron chi connectivity index (χ2n) is 4.67. The first-order valence-corrected chi connectivity index (χ1v) is 6.78. The molecule has 0 radical (unpaired) electrons. The fraction of sp³-hybridized carbons (Fsp3) is 0.214. The van der Waals surface area contributed by atoms with Crippen molar-refractivity contribution in [3.63, 3.8) is 0 Å². The number of carbonyl (C=O) groups excluding carboxylic acids is 2. The van der Waals surface area contributed by atoms with Gasteiger partial charge in [-0.1, -0.05) is 0 Å². The van der Waals surface area contributed by atoms with Crippen molar-refractivity contribution < 1.29 is 32.4 Å². The van der Waals surface area contributed by atoms with E-state index in [4.69, 9.17) is 0 Å². The van der Waals surface area contributed by atoms with E-state index in [1.807, 2.05) is 5.10 Å². The van der Waals surface area contributed by atoms with Crippen LogP contribution >= 0.6 is 0 Å².